The van der Waals surface area contributed by atoms with Gasteiger partial charge in [-0.25, -0.2) is 9.98 Å². The molecule has 0 aromatic heterocycles. The third-order valence-electron chi connectivity index (χ3n) is 4.94. The van der Waals surface area contributed by atoms with Crippen LogP contribution in [0.3, 0.4) is 0 Å². The van der Waals surface area contributed by atoms with Crippen LogP contribution in [0.4, 0.5) is 0 Å². The molecule has 0 aromatic rings. The minimum absolute atomic E-state index is 0.354. The maximum absolute atomic E-state index is 5.94. The van der Waals surface area contributed by atoms with Crippen molar-refractivity contribution in [2.24, 2.45) is 32.5 Å². The molecule has 1 aliphatic carbocycles. The van der Waals surface area contributed by atoms with Gasteiger partial charge in [0.25, 0.3) is 0 Å². The number of piperidine rings is 1. The highest BCUT2D eigenvalue weighted by Crippen LogP contribution is 2.53. The average molecular weight is 331 g/mol. The topological polar surface area (TPSA) is 75.6 Å². The predicted octanol–water partition coefficient (Wildman–Crippen LogP) is 2.21. The monoisotopic (exact) mass is 331 g/mol. The molecule has 4 aliphatic rings. The van der Waals surface area contributed by atoms with Crippen molar-refractivity contribution in [1.29, 1.82) is 0 Å². The zero-order chi connectivity index (χ0) is 17.4. The van der Waals surface area contributed by atoms with Crippen LogP contribution >= 0.6 is 0 Å². The fourth-order valence-corrected chi connectivity index (χ4v) is 3.82. The Balaban J connectivity index is 1.78. The van der Waals surface area contributed by atoms with Gasteiger partial charge in [0.1, 0.15) is 0 Å². The van der Waals surface area contributed by atoms with E-state index in [4.69, 9.17) is 15.5 Å². The van der Waals surface area contributed by atoms with Crippen LogP contribution in [0.2, 0.25) is 0 Å². The Hall–Kier alpha value is -1.69. The molecule has 0 amide bonds. The van der Waals surface area contributed by atoms with Gasteiger partial charge in [-0.1, -0.05) is 13.8 Å². The van der Waals surface area contributed by atoms with Crippen LogP contribution in [0.25, 0.3) is 0 Å². The van der Waals surface area contributed by atoms with E-state index in [9.17, 15) is 0 Å². The molecule has 1 saturated carbocycles. The molecule has 0 aromatic carbocycles. The first-order valence-electron chi connectivity index (χ1n) is 8.84. The first-order valence-corrected chi connectivity index (χ1v) is 8.84. The van der Waals surface area contributed by atoms with Crippen LogP contribution in [0.5, 0.6) is 0 Å². The quantitative estimate of drug-likeness (QED) is 0.634. The summed E-state index contributed by atoms with van der Waals surface area (Å²) in [7, 11) is 1.82. The lowest BCUT2D eigenvalue weighted by Crippen LogP contribution is -2.47. The van der Waals surface area contributed by atoms with Gasteiger partial charge in [-0.3, -0.25) is 4.99 Å². The Bertz CT molecular complexity index is 603. The summed E-state index contributed by atoms with van der Waals surface area (Å²) in [6, 6.07) is 0.479. The summed E-state index contributed by atoms with van der Waals surface area (Å²) in [5, 5.41) is 0. The highest BCUT2D eigenvalue weighted by Gasteiger charge is 2.65. The van der Waals surface area contributed by atoms with Crippen LogP contribution < -0.4 is 5.73 Å². The van der Waals surface area contributed by atoms with Crippen molar-refractivity contribution in [2.75, 3.05) is 13.6 Å². The molecule has 4 bridgehead atoms. The summed E-state index contributed by atoms with van der Waals surface area (Å²) < 4.78 is 5.94. The molecule has 4 rings (SSSR count). The lowest BCUT2D eigenvalue weighted by atomic mass is 10.0. The minimum Gasteiger partial charge on any atom is -0.387 e. The second-order valence-electron chi connectivity index (χ2n) is 7.51. The fraction of sp³-hybridized carbons (Fsp3) is 0.722. The molecule has 3 aliphatic heterocycles. The molecule has 132 valence electrons. The number of amidine groups is 1. The van der Waals surface area contributed by atoms with Crippen LogP contribution in [-0.4, -0.2) is 54.2 Å². The van der Waals surface area contributed by atoms with Gasteiger partial charge in [-0.2, -0.15) is 0 Å². The van der Waals surface area contributed by atoms with Crippen LogP contribution in [-0.2, 0) is 4.74 Å². The smallest absolute Gasteiger partial charge is 0.221 e. The van der Waals surface area contributed by atoms with E-state index in [1.54, 1.807) is 6.92 Å². The van der Waals surface area contributed by atoms with Crippen LogP contribution in [0, 0.1) is 11.8 Å². The van der Waals surface area contributed by atoms with E-state index in [2.05, 4.69) is 28.7 Å². The SMILES string of the molecule is CN=C(N=C(C)/C(=C/N=C(C)N)CC(C)C)N1CC2CC3C(O2)C31. The summed E-state index contributed by atoms with van der Waals surface area (Å²) in [6.45, 7) is 9.12. The Kier molecular flexibility index (Phi) is 4.76. The molecular formula is C18H29N5O. The van der Waals surface area contributed by atoms with Crippen molar-refractivity contribution in [3.63, 3.8) is 0 Å². The molecule has 4 unspecified atom stereocenters. The summed E-state index contributed by atoms with van der Waals surface area (Å²) in [5.74, 6) is 2.59. The number of rotatable bonds is 4. The highest BCUT2D eigenvalue weighted by molar-refractivity contribution is 6.05. The van der Waals surface area contributed by atoms with Crippen molar-refractivity contribution in [3.8, 4) is 0 Å². The van der Waals surface area contributed by atoms with Gasteiger partial charge in [0, 0.05) is 31.4 Å². The Labute approximate surface area is 144 Å². The summed E-state index contributed by atoms with van der Waals surface area (Å²) in [4.78, 5) is 15.9. The van der Waals surface area contributed by atoms with Crippen molar-refractivity contribution >= 4 is 17.5 Å². The number of aliphatic imine (C=N–C) groups is 3. The second kappa shape index (κ2) is 6.67. The van der Waals surface area contributed by atoms with Gasteiger partial charge in [0.15, 0.2) is 0 Å². The summed E-state index contributed by atoms with van der Waals surface area (Å²) in [5.41, 5.74) is 7.76. The first-order chi connectivity index (χ1) is 11.4. The average Bonchev–Trinajstić information content (AvgIpc) is 3.10. The van der Waals surface area contributed by atoms with Gasteiger partial charge in [-0.05, 0) is 38.2 Å². The molecule has 3 saturated heterocycles. The number of hydrogen-bond acceptors (Lipinski definition) is 3. The van der Waals surface area contributed by atoms with Crippen molar-refractivity contribution in [3.05, 3.63) is 11.8 Å². The standard InChI is InChI=1S/C18H29N5O/c1-10(2)6-13(8-21-12(4)19)11(3)22-18(20-5)23-9-14-7-15-16(23)17(15)24-14/h8,10,14-17H,6-7,9H2,1-5H3,(H2,19,21)/b13-8+,20-18?,22-11?. The van der Waals surface area contributed by atoms with E-state index in [0.717, 1.165) is 30.2 Å². The van der Waals surface area contributed by atoms with Gasteiger partial charge >= 0.3 is 0 Å². The normalized spacial score (nSPS) is 33.5. The molecule has 4 atom stereocenters. The molecule has 3 heterocycles. The van der Waals surface area contributed by atoms with Crippen molar-refractivity contribution < 1.29 is 4.74 Å². The predicted molar refractivity (Wildman–Crippen MR) is 98.6 cm³/mol. The first kappa shape index (κ1) is 17.1. The fourth-order valence-electron chi connectivity index (χ4n) is 3.82. The number of ether oxygens (including phenoxy) is 1. The third kappa shape index (κ3) is 3.38. The maximum Gasteiger partial charge on any atom is 0.221 e. The zero-order valence-electron chi connectivity index (χ0n) is 15.4. The van der Waals surface area contributed by atoms with E-state index in [0.29, 0.717) is 35.9 Å². The molecule has 24 heavy (non-hydrogen) atoms. The lowest BCUT2D eigenvalue weighted by molar-refractivity contribution is -0.00112. The van der Waals surface area contributed by atoms with Crippen LogP contribution in [0.1, 0.15) is 40.5 Å². The molecule has 0 radical (unpaired) electrons. The van der Waals surface area contributed by atoms with Gasteiger partial charge in [-0.15, -0.1) is 0 Å². The Morgan fingerprint density at radius 2 is 2.12 bits per heavy atom. The maximum atomic E-state index is 5.94. The van der Waals surface area contributed by atoms with Crippen LogP contribution in [0.15, 0.2) is 26.8 Å². The van der Waals surface area contributed by atoms with Gasteiger partial charge in [0.2, 0.25) is 5.96 Å². The number of hydrogen-bond donors (Lipinski definition) is 1. The van der Waals surface area contributed by atoms with E-state index in [1.165, 1.54) is 6.42 Å². The molecule has 0 spiro atoms. The second-order valence-corrected chi connectivity index (χ2v) is 7.51. The van der Waals surface area contributed by atoms with Gasteiger partial charge in [0.05, 0.1) is 24.1 Å². The van der Waals surface area contributed by atoms with E-state index >= 15 is 0 Å². The third-order valence-corrected chi connectivity index (χ3v) is 4.94. The molecule has 4 fully saturated rings. The molecule has 6 nitrogen and oxygen atoms in total. The van der Waals surface area contributed by atoms with E-state index < -0.39 is 0 Å². The van der Waals surface area contributed by atoms with Crippen molar-refractivity contribution in [1.82, 2.24) is 4.90 Å². The number of guanidine groups is 1. The summed E-state index contributed by atoms with van der Waals surface area (Å²) >= 11 is 0. The largest absolute Gasteiger partial charge is 0.387 e. The number of morpholine rings is 1. The van der Waals surface area contributed by atoms with Crippen molar-refractivity contribution in [2.45, 2.75) is 58.8 Å². The Morgan fingerprint density at radius 1 is 1.38 bits per heavy atom. The lowest BCUT2D eigenvalue weighted by Gasteiger charge is -2.34. The zero-order valence-corrected chi connectivity index (χ0v) is 15.4. The van der Waals surface area contributed by atoms with E-state index in [1.807, 2.05) is 20.2 Å². The Morgan fingerprint density at radius 3 is 2.62 bits per heavy atom. The highest BCUT2D eigenvalue weighted by atomic mass is 16.5. The van der Waals surface area contributed by atoms with Gasteiger partial charge < -0.3 is 15.4 Å². The number of allylic oxidation sites excluding steroid dienone is 1. The summed E-state index contributed by atoms with van der Waals surface area (Å²) in [6.07, 6.45) is 4.73. The molecular weight excluding hydrogens is 302 g/mol. The van der Waals surface area contributed by atoms with E-state index in [-0.39, 0.29) is 0 Å². The number of nitrogens with zero attached hydrogens (tertiary/aromatic N) is 4. The number of nitrogens with two attached hydrogens (primary N) is 1. The molecule has 2 N–H and O–H groups in total. The number of fused-ring (bicyclic) bond motifs is 1. The minimum atomic E-state index is 0.354. The molecule has 6 heteroatoms.